The molecule has 0 aromatic carbocycles. The molecule has 78 valence electrons. The Kier molecular flexibility index (Phi) is 4.20. The van der Waals surface area contributed by atoms with E-state index in [4.69, 9.17) is 0 Å². The summed E-state index contributed by atoms with van der Waals surface area (Å²) in [5, 5.41) is 19.6. The zero-order chi connectivity index (χ0) is 9.84. The molecule has 0 saturated heterocycles. The molecule has 2 N–H and O–H groups in total. The van der Waals surface area contributed by atoms with E-state index in [1.165, 1.54) is 0 Å². The van der Waals surface area contributed by atoms with Crippen molar-refractivity contribution in [3.63, 3.8) is 0 Å². The van der Waals surface area contributed by atoms with E-state index in [1.54, 1.807) is 0 Å². The summed E-state index contributed by atoms with van der Waals surface area (Å²) in [6.07, 6.45) is 4.34. The fourth-order valence-corrected chi connectivity index (χ4v) is 2.62. The number of aliphatic hydroxyl groups is 2. The van der Waals surface area contributed by atoms with Gasteiger partial charge in [0, 0.05) is 5.92 Å². The van der Waals surface area contributed by atoms with Gasteiger partial charge in [-0.3, -0.25) is 0 Å². The van der Waals surface area contributed by atoms with Gasteiger partial charge in [-0.05, 0) is 25.2 Å². The average Bonchev–Trinajstić information content (AvgIpc) is 2.47. The Balaban J connectivity index is 2.52. The maximum Gasteiger partial charge on any atom is 0.0595 e. The van der Waals surface area contributed by atoms with Gasteiger partial charge in [-0.25, -0.2) is 0 Å². The number of hydrogen-bond acceptors (Lipinski definition) is 2. The zero-order valence-corrected chi connectivity index (χ0v) is 8.74. The van der Waals surface area contributed by atoms with Gasteiger partial charge in [-0.1, -0.05) is 26.7 Å². The van der Waals surface area contributed by atoms with Crippen molar-refractivity contribution in [3.8, 4) is 0 Å². The Labute approximate surface area is 81.0 Å². The van der Waals surface area contributed by atoms with E-state index in [2.05, 4.69) is 13.8 Å². The van der Waals surface area contributed by atoms with Crippen LogP contribution in [0.25, 0.3) is 0 Å². The van der Waals surface area contributed by atoms with Gasteiger partial charge in [-0.2, -0.15) is 0 Å². The molecule has 0 spiro atoms. The minimum Gasteiger partial charge on any atom is -0.393 e. The predicted octanol–water partition coefficient (Wildman–Crippen LogP) is 1.94. The van der Waals surface area contributed by atoms with Crippen molar-refractivity contribution in [1.82, 2.24) is 0 Å². The van der Waals surface area contributed by atoms with Gasteiger partial charge in [0.2, 0.25) is 0 Å². The first-order chi connectivity index (χ1) is 6.20. The maximum absolute atomic E-state index is 9.86. The van der Waals surface area contributed by atoms with E-state index < -0.39 is 0 Å². The molecule has 4 unspecified atom stereocenters. The first-order valence-corrected chi connectivity index (χ1v) is 5.56. The van der Waals surface area contributed by atoms with Crippen molar-refractivity contribution in [1.29, 1.82) is 0 Å². The van der Waals surface area contributed by atoms with Crippen LogP contribution in [0.2, 0.25) is 0 Å². The molecule has 0 amide bonds. The normalized spacial score (nSPS) is 36.5. The van der Waals surface area contributed by atoms with Crippen LogP contribution in [0.4, 0.5) is 0 Å². The van der Waals surface area contributed by atoms with Gasteiger partial charge < -0.3 is 10.2 Å². The second-order valence-corrected chi connectivity index (χ2v) is 4.25. The predicted molar refractivity (Wildman–Crippen MR) is 53.4 cm³/mol. The highest BCUT2D eigenvalue weighted by molar-refractivity contribution is 4.88. The van der Waals surface area contributed by atoms with Gasteiger partial charge in [0.15, 0.2) is 0 Å². The van der Waals surface area contributed by atoms with Crippen molar-refractivity contribution in [3.05, 3.63) is 0 Å². The van der Waals surface area contributed by atoms with Gasteiger partial charge in [0.25, 0.3) is 0 Å². The highest BCUT2D eigenvalue weighted by Gasteiger charge is 2.37. The summed E-state index contributed by atoms with van der Waals surface area (Å²) in [5.74, 6) is 0.682. The molecular formula is C11H22O2. The second kappa shape index (κ2) is 4.97. The monoisotopic (exact) mass is 186 g/mol. The highest BCUT2D eigenvalue weighted by atomic mass is 16.3. The first kappa shape index (κ1) is 11.0. The van der Waals surface area contributed by atoms with Crippen molar-refractivity contribution in [2.45, 2.75) is 58.2 Å². The van der Waals surface area contributed by atoms with Gasteiger partial charge in [0.05, 0.1) is 12.2 Å². The smallest absolute Gasteiger partial charge is 0.0595 e. The summed E-state index contributed by atoms with van der Waals surface area (Å²) in [6.45, 7) is 4.22. The molecule has 1 rings (SSSR count). The average molecular weight is 186 g/mol. The van der Waals surface area contributed by atoms with E-state index >= 15 is 0 Å². The lowest BCUT2D eigenvalue weighted by atomic mass is 9.86. The summed E-state index contributed by atoms with van der Waals surface area (Å²) in [7, 11) is 0. The van der Waals surface area contributed by atoms with E-state index in [1.807, 2.05) is 0 Å². The molecule has 13 heavy (non-hydrogen) atoms. The molecule has 1 aliphatic rings. The maximum atomic E-state index is 9.86. The molecule has 0 heterocycles. The fourth-order valence-electron chi connectivity index (χ4n) is 2.62. The molecule has 0 aliphatic heterocycles. The van der Waals surface area contributed by atoms with Gasteiger partial charge >= 0.3 is 0 Å². The van der Waals surface area contributed by atoms with Crippen molar-refractivity contribution < 1.29 is 10.2 Å². The Bertz CT molecular complexity index is 147. The van der Waals surface area contributed by atoms with E-state index in [9.17, 15) is 10.2 Å². The topological polar surface area (TPSA) is 40.5 Å². The SMILES string of the molecule is CCCC(O)C1C(O)CCC1CC. The lowest BCUT2D eigenvalue weighted by Crippen LogP contribution is -2.31. The van der Waals surface area contributed by atoms with Crippen LogP contribution in [0.15, 0.2) is 0 Å². The Hall–Kier alpha value is -0.0800. The van der Waals surface area contributed by atoms with Gasteiger partial charge in [0.1, 0.15) is 0 Å². The molecule has 2 heteroatoms. The Morgan fingerprint density at radius 2 is 2.00 bits per heavy atom. The molecule has 2 nitrogen and oxygen atoms in total. The van der Waals surface area contributed by atoms with Crippen LogP contribution in [0.5, 0.6) is 0 Å². The fraction of sp³-hybridized carbons (Fsp3) is 1.00. The summed E-state index contributed by atoms with van der Waals surface area (Å²) >= 11 is 0. The molecule has 1 fully saturated rings. The second-order valence-electron chi connectivity index (χ2n) is 4.25. The van der Waals surface area contributed by atoms with Crippen molar-refractivity contribution in [2.75, 3.05) is 0 Å². The number of rotatable bonds is 4. The lowest BCUT2D eigenvalue weighted by molar-refractivity contribution is 0.00704. The lowest BCUT2D eigenvalue weighted by Gasteiger charge is -2.26. The minimum absolute atomic E-state index is 0.143. The molecule has 4 atom stereocenters. The quantitative estimate of drug-likeness (QED) is 0.704. The first-order valence-electron chi connectivity index (χ1n) is 5.56. The third kappa shape index (κ3) is 2.44. The van der Waals surface area contributed by atoms with E-state index in [-0.39, 0.29) is 18.1 Å². The van der Waals surface area contributed by atoms with Crippen molar-refractivity contribution >= 4 is 0 Å². The van der Waals surface area contributed by atoms with Crippen LogP contribution < -0.4 is 0 Å². The standard InChI is InChI=1S/C11H22O2/c1-3-5-9(12)11-8(4-2)6-7-10(11)13/h8-13H,3-7H2,1-2H3. The Morgan fingerprint density at radius 3 is 2.54 bits per heavy atom. The minimum atomic E-state index is -0.285. The van der Waals surface area contributed by atoms with E-state index in [0.717, 1.165) is 32.1 Å². The summed E-state index contributed by atoms with van der Waals surface area (Å²) in [4.78, 5) is 0. The van der Waals surface area contributed by atoms with Gasteiger partial charge in [-0.15, -0.1) is 0 Å². The Morgan fingerprint density at radius 1 is 1.31 bits per heavy atom. The number of aliphatic hydroxyl groups excluding tert-OH is 2. The van der Waals surface area contributed by atoms with Crippen molar-refractivity contribution in [2.24, 2.45) is 11.8 Å². The summed E-state index contributed by atoms with van der Waals surface area (Å²) < 4.78 is 0. The molecule has 0 bridgehead atoms. The van der Waals surface area contributed by atoms with Crippen LogP contribution in [0.3, 0.4) is 0 Å². The highest BCUT2D eigenvalue weighted by Crippen LogP contribution is 2.37. The molecule has 1 saturated carbocycles. The third-order valence-electron chi connectivity index (χ3n) is 3.37. The van der Waals surface area contributed by atoms with E-state index in [0.29, 0.717) is 5.92 Å². The summed E-state index contributed by atoms with van der Waals surface area (Å²) in [6, 6.07) is 0. The number of hydrogen-bond donors (Lipinski definition) is 2. The van der Waals surface area contributed by atoms with Crippen LogP contribution in [-0.4, -0.2) is 22.4 Å². The molecular weight excluding hydrogens is 164 g/mol. The molecule has 1 aliphatic carbocycles. The van der Waals surface area contributed by atoms with Crippen LogP contribution in [0, 0.1) is 11.8 Å². The zero-order valence-electron chi connectivity index (χ0n) is 8.74. The summed E-state index contributed by atoms with van der Waals surface area (Å²) in [5.41, 5.74) is 0. The van der Waals surface area contributed by atoms with Crippen LogP contribution >= 0.6 is 0 Å². The molecule has 0 aromatic heterocycles. The molecule has 0 radical (unpaired) electrons. The third-order valence-corrected chi connectivity index (χ3v) is 3.37. The van der Waals surface area contributed by atoms with Crippen LogP contribution in [0.1, 0.15) is 46.0 Å². The molecule has 0 aromatic rings. The largest absolute Gasteiger partial charge is 0.393 e. The van der Waals surface area contributed by atoms with Crippen LogP contribution in [-0.2, 0) is 0 Å².